The number of benzene rings is 2. The van der Waals surface area contributed by atoms with Crippen molar-refractivity contribution in [2.75, 3.05) is 12.4 Å². The Hall–Kier alpha value is -3.59. The van der Waals surface area contributed by atoms with Gasteiger partial charge in [-0.2, -0.15) is 9.36 Å². The van der Waals surface area contributed by atoms with Crippen LogP contribution in [0, 0.1) is 6.92 Å². The van der Waals surface area contributed by atoms with Gasteiger partial charge in [-0.1, -0.05) is 38.1 Å². The van der Waals surface area contributed by atoms with Crippen molar-refractivity contribution in [3.8, 4) is 23.0 Å². The molecule has 1 amide bonds. The van der Waals surface area contributed by atoms with Crippen LogP contribution < -0.4 is 10.1 Å². The predicted octanol–water partition coefficient (Wildman–Crippen LogP) is 4.65. The van der Waals surface area contributed by atoms with Crippen molar-refractivity contribution in [1.82, 2.24) is 24.4 Å². The molecule has 0 saturated carbocycles. The van der Waals surface area contributed by atoms with Gasteiger partial charge in [0, 0.05) is 17.1 Å². The first kappa shape index (κ1) is 21.6. The molecule has 2 heterocycles. The van der Waals surface area contributed by atoms with E-state index in [1.54, 1.807) is 11.8 Å². The summed E-state index contributed by atoms with van der Waals surface area (Å²) >= 11 is 1.11. The van der Waals surface area contributed by atoms with Gasteiger partial charge in [0.15, 0.2) is 11.5 Å². The van der Waals surface area contributed by atoms with Gasteiger partial charge in [0.1, 0.15) is 5.75 Å². The van der Waals surface area contributed by atoms with Crippen LogP contribution in [0.25, 0.3) is 17.2 Å². The highest BCUT2D eigenvalue weighted by Crippen LogP contribution is 2.25. The number of nitrogens with one attached hydrogen (secondary N) is 1. The van der Waals surface area contributed by atoms with Crippen LogP contribution >= 0.6 is 11.5 Å². The van der Waals surface area contributed by atoms with Gasteiger partial charge in [-0.05, 0) is 54.3 Å². The number of nitrogens with zero attached hydrogens (tertiary/aromatic N) is 5. The Kier molecular flexibility index (Phi) is 5.75. The Labute approximate surface area is 190 Å². The van der Waals surface area contributed by atoms with Crippen molar-refractivity contribution in [2.24, 2.45) is 0 Å². The summed E-state index contributed by atoms with van der Waals surface area (Å²) in [6.45, 7) is 8.31. The Bertz CT molecular complexity index is 1240. The zero-order chi connectivity index (χ0) is 22.9. The fourth-order valence-electron chi connectivity index (χ4n) is 3.17. The third-order valence-corrected chi connectivity index (χ3v) is 5.71. The normalized spacial score (nSPS) is 11.4. The number of hydrogen-bond acceptors (Lipinski definition) is 7. The maximum absolute atomic E-state index is 12.6. The van der Waals surface area contributed by atoms with Gasteiger partial charge in [-0.25, -0.2) is 4.68 Å². The maximum Gasteiger partial charge on any atom is 0.257 e. The van der Waals surface area contributed by atoms with Crippen LogP contribution in [-0.2, 0) is 5.41 Å². The molecule has 0 atom stereocenters. The summed E-state index contributed by atoms with van der Waals surface area (Å²) in [4.78, 5) is 17.1. The number of carbonyl (C=O) groups is 1. The number of methoxy groups -OCH3 is 1. The quantitative estimate of drug-likeness (QED) is 0.477. The lowest BCUT2D eigenvalue weighted by Crippen LogP contribution is -2.14. The molecule has 0 aliphatic heterocycles. The van der Waals surface area contributed by atoms with Crippen LogP contribution in [0.5, 0.6) is 5.75 Å². The van der Waals surface area contributed by atoms with Crippen molar-refractivity contribution >= 4 is 22.6 Å². The molecule has 8 nitrogen and oxygen atoms in total. The molecule has 0 aliphatic carbocycles. The van der Waals surface area contributed by atoms with E-state index >= 15 is 0 Å². The lowest BCUT2D eigenvalue weighted by atomic mass is 9.87. The smallest absolute Gasteiger partial charge is 0.257 e. The largest absolute Gasteiger partial charge is 0.497 e. The highest BCUT2D eigenvalue weighted by atomic mass is 32.1. The van der Waals surface area contributed by atoms with Crippen LogP contribution in [0.1, 0.15) is 42.4 Å². The Balaban J connectivity index is 1.50. The lowest BCUT2D eigenvalue weighted by Gasteiger charge is -2.18. The molecule has 0 bridgehead atoms. The number of aromatic nitrogens is 5. The van der Waals surface area contributed by atoms with E-state index in [0.717, 1.165) is 28.7 Å². The van der Waals surface area contributed by atoms with E-state index in [-0.39, 0.29) is 11.3 Å². The Morgan fingerprint density at radius 2 is 1.75 bits per heavy atom. The number of rotatable bonds is 5. The van der Waals surface area contributed by atoms with Crippen LogP contribution in [-0.4, -0.2) is 37.4 Å². The molecule has 164 valence electrons. The highest BCUT2D eigenvalue weighted by Gasteiger charge is 2.19. The third-order valence-electron chi connectivity index (χ3n) is 5.08. The van der Waals surface area contributed by atoms with Gasteiger partial charge < -0.3 is 4.74 Å². The molecule has 4 rings (SSSR count). The topological polar surface area (TPSA) is 94.8 Å². The number of hydrogen-bond donors (Lipinski definition) is 1. The van der Waals surface area contributed by atoms with E-state index in [1.807, 2.05) is 55.5 Å². The number of carbonyl (C=O) groups excluding carboxylic acids is 1. The van der Waals surface area contributed by atoms with Gasteiger partial charge in [0.2, 0.25) is 5.13 Å². The average Bonchev–Trinajstić information content (AvgIpc) is 3.39. The molecule has 0 fully saturated rings. The summed E-state index contributed by atoms with van der Waals surface area (Å²) in [5.74, 6) is 0.957. The SMILES string of the molecule is COc1ccc(-n2nnc(-c3nsc(NC(=O)c4ccc(C(C)(C)C)cc4)n3)c2C)cc1. The van der Waals surface area contributed by atoms with E-state index in [2.05, 4.69) is 45.8 Å². The minimum Gasteiger partial charge on any atom is -0.497 e. The molecule has 0 aliphatic rings. The van der Waals surface area contributed by atoms with Crippen molar-refractivity contribution < 1.29 is 9.53 Å². The van der Waals surface area contributed by atoms with Crippen molar-refractivity contribution in [1.29, 1.82) is 0 Å². The Morgan fingerprint density at radius 1 is 1.06 bits per heavy atom. The molecule has 9 heteroatoms. The van der Waals surface area contributed by atoms with Crippen LogP contribution in [0.2, 0.25) is 0 Å². The summed E-state index contributed by atoms with van der Waals surface area (Å²) in [6.07, 6.45) is 0. The van der Waals surface area contributed by atoms with Crippen molar-refractivity contribution in [3.05, 3.63) is 65.4 Å². The predicted molar refractivity (Wildman–Crippen MR) is 125 cm³/mol. The minimum atomic E-state index is -0.230. The number of anilines is 1. The van der Waals surface area contributed by atoms with Crippen molar-refractivity contribution in [2.45, 2.75) is 33.1 Å². The van der Waals surface area contributed by atoms with Gasteiger partial charge in [0.05, 0.1) is 18.5 Å². The lowest BCUT2D eigenvalue weighted by molar-refractivity contribution is 0.102. The first-order valence-electron chi connectivity index (χ1n) is 10.1. The van der Waals surface area contributed by atoms with Crippen LogP contribution in [0.3, 0.4) is 0 Å². The molecular formula is C23H24N6O2S. The van der Waals surface area contributed by atoms with E-state index in [1.165, 1.54) is 5.56 Å². The molecule has 2 aromatic heterocycles. The summed E-state index contributed by atoms with van der Waals surface area (Å²) in [5, 5.41) is 11.7. The standard InChI is InChI=1S/C23H24N6O2S/c1-14-19(26-28-29(14)17-10-12-18(31-5)13-11-17)20-24-22(32-27-20)25-21(30)15-6-8-16(9-7-15)23(2,3)4/h6-13H,1-5H3,(H,24,25,27,30). The van der Waals surface area contributed by atoms with E-state index in [4.69, 9.17) is 4.74 Å². The van der Waals surface area contributed by atoms with Gasteiger partial charge in [-0.3, -0.25) is 10.1 Å². The minimum absolute atomic E-state index is 0.0320. The first-order valence-corrected chi connectivity index (χ1v) is 10.9. The second-order valence-corrected chi connectivity index (χ2v) is 9.09. The third kappa shape index (κ3) is 4.38. The molecule has 0 unspecified atom stereocenters. The fourth-order valence-corrected chi connectivity index (χ4v) is 3.73. The molecule has 32 heavy (non-hydrogen) atoms. The van der Waals surface area contributed by atoms with Crippen LogP contribution in [0.15, 0.2) is 48.5 Å². The highest BCUT2D eigenvalue weighted by molar-refractivity contribution is 7.10. The summed E-state index contributed by atoms with van der Waals surface area (Å²) in [6, 6.07) is 15.1. The first-order chi connectivity index (χ1) is 15.3. The van der Waals surface area contributed by atoms with E-state index in [9.17, 15) is 4.79 Å². The molecule has 2 aromatic carbocycles. The van der Waals surface area contributed by atoms with Gasteiger partial charge in [-0.15, -0.1) is 5.10 Å². The second-order valence-electron chi connectivity index (χ2n) is 8.34. The fraction of sp³-hybridized carbons (Fsp3) is 0.261. The molecule has 1 N–H and O–H groups in total. The summed E-state index contributed by atoms with van der Waals surface area (Å²) in [5.41, 5.74) is 3.98. The maximum atomic E-state index is 12.6. The van der Waals surface area contributed by atoms with E-state index in [0.29, 0.717) is 22.2 Å². The second kappa shape index (κ2) is 8.51. The molecule has 0 saturated heterocycles. The van der Waals surface area contributed by atoms with E-state index < -0.39 is 0 Å². The average molecular weight is 449 g/mol. The number of ether oxygens (including phenoxy) is 1. The zero-order valence-corrected chi connectivity index (χ0v) is 19.4. The van der Waals surface area contributed by atoms with Gasteiger partial charge in [0.25, 0.3) is 5.91 Å². The van der Waals surface area contributed by atoms with Crippen LogP contribution in [0.4, 0.5) is 5.13 Å². The molecule has 0 radical (unpaired) electrons. The number of amides is 1. The molecular weight excluding hydrogens is 424 g/mol. The zero-order valence-electron chi connectivity index (χ0n) is 18.6. The molecule has 4 aromatic rings. The summed E-state index contributed by atoms with van der Waals surface area (Å²) in [7, 11) is 1.62. The molecule has 0 spiro atoms. The Morgan fingerprint density at radius 3 is 2.38 bits per heavy atom. The summed E-state index contributed by atoms with van der Waals surface area (Å²) < 4.78 is 11.3. The monoisotopic (exact) mass is 448 g/mol. The van der Waals surface area contributed by atoms with Gasteiger partial charge >= 0.3 is 0 Å². The van der Waals surface area contributed by atoms with Crippen molar-refractivity contribution in [3.63, 3.8) is 0 Å².